The van der Waals surface area contributed by atoms with E-state index in [-0.39, 0.29) is 18.8 Å². The minimum absolute atomic E-state index is 0.140. The minimum atomic E-state index is -1.75. The van der Waals surface area contributed by atoms with Crippen molar-refractivity contribution < 1.29 is 19.4 Å². The van der Waals surface area contributed by atoms with Crippen molar-refractivity contribution in [1.29, 1.82) is 0 Å². The molecule has 10 nitrogen and oxygen atoms in total. The van der Waals surface area contributed by atoms with Crippen molar-refractivity contribution in [2.45, 2.75) is 32.5 Å². The quantitative estimate of drug-likeness (QED) is 0.248. The minimum Gasteiger partial charge on any atom is -0.478 e. The molecule has 0 radical (unpaired) electrons. The van der Waals surface area contributed by atoms with Crippen LogP contribution < -0.4 is 32.2 Å². The molecule has 1 heterocycles. The average Bonchev–Trinajstić information content (AvgIpc) is 3.20. The fourth-order valence-electron chi connectivity index (χ4n) is 3.20. The van der Waals surface area contributed by atoms with Gasteiger partial charge in [-0.3, -0.25) is 5.43 Å². The van der Waals surface area contributed by atoms with Gasteiger partial charge < -0.3 is 30.9 Å². The number of amides is 2. The van der Waals surface area contributed by atoms with Gasteiger partial charge in [0.15, 0.2) is 0 Å². The normalized spacial score (nSPS) is 12.7. The highest BCUT2D eigenvalue weighted by Crippen LogP contribution is 2.27. The van der Waals surface area contributed by atoms with E-state index < -0.39 is 17.6 Å². The molecule has 1 unspecified atom stereocenters. The molecule has 3 rings (SSSR count). The maximum Gasteiger partial charge on any atom is 0.349 e. The molecule has 0 spiro atoms. The van der Waals surface area contributed by atoms with Gasteiger partial charge in [0, 0.05) is 40.8 Å². The van der Waals surface area contributed by atoms with E-state index in [0.717, 1.165) is 23.1 Å². The zero-order valence-electron chi connectivity index (χ0n) is 18.3. The molecular formula is C22H27ClN6O4. The summed E-state index contributed by atoms with van der Waals surface area (Å²) in [4.78, 5) is 24.0. The van der Waals surface area contributed by atoms with Gasteiger partial charge in [-0.15, -0.1) is 5.53 Å². The number of aliphatic carboxylic acids is 1. The number of halogens is 1. The topological polar surface area (TPSA) is 143 Å². The van der Waals surface area contributed by atoms with Crippen LogP contribution >= 0.6 is 11.6 Å². The number of aromatic nitrogens is 1. The molecule has 0 saturated heterocycles. The SMILES string of the molecule is CCn1ccc2cc(NNNC(=O)NCC(C)(Oc3cc(Cl)ccc3CN)C(=O)O)ccc21. The number of rotatable bonds is 10. The largest absolute Gasteiger partial charge is 0.478 e. The highest BCUT2D eigenvalue weighted by atomic mass is 35.5. The predicted molar refractivity (Wildman–Crippen MR) is 127 cm³/mol. The van der Waals surface area contributed by atoms with Crippen molar-refractivity contribution in [3.63, 3.8) is 0 Å². The Hall–Kier alpha value is -3.47. The van der Waals surface area contributed by atoms with Crippen molar-refractivity contribution >= 4 is 40.2 Å². The third kappa shape index (κ3) is 5.86. The van der Waals surface area contributed by atoms with E-state index in [1.807, 2.05) is 30.5 Å². The number of carbonyl (C=O) groups is 2. The third-order valence-corrected chi connectivity index (χ3v) is 5.35. The number of hydrogen-bond donors (Lipinski definition) is 6. The summed E-state index contributed by atoms with van der Waals surface area (Å²) in [6, 6.07) is 11.9. The van der Waals surface area contributed by atoms with Crippen LogP contribution in [0.3, 0.4) is 0 Å². The van der Waals surface area contributed by atoms with Crippen molar-refractivity contribution in [2.24, 2.45) is 5.73 Å². The van der Waals surface area contributed by atoms with E-state index in [0.29, 0.717) is 10.6 Å². The maximum atomic E-state index is 12.2. The first-order valence-electron chi connectivity index (χ1n) is 10.3. The molecule has 1 atom stereocenters. The third-order valence-electron chi connectivity index (χ3n) is 5.12. The van der Waals surface area contributed by atoms with Crippen LogP contribution in [0.2, 0.25) is 5.02 Å². The molecule has 33 heavy (non-hydrogen) atoms. The van der Waals surface area contributed by atoms with Crippen LogP contribution in [-0.2, 0) is 17.9 Å². The lowest BCUT2D eigenvalue weighted by Gasteiger charge is -2.28. The summed E-state index contributed by atoms with van der Waals surface area (Å²) in [7, 11) is 0. The Balaban J connectivity index is 1.54. The van der Waals surface area contributed by atoms with Crippen LogP contribution in [0, 0.1) is 0 Å². The summed E-state index contributed by atoms with van der Waals surface area (Å²) in [6.45, 7) is 4.12. The number of carboxylic acid groups (broad SMARTS) is 1. The first-order valence-corrected chi connectivity index (χ1v) is 10.7. The zero-order chi connectivity index (χ0) is 24.0. The number of fused-ring (bicyclic) bond motifs is 1. The Morgan fingerprint density at radius 3 is 2.70 bits per heavy atom. The molecule has 2 aromatic carbocycles. The van der Waals surface area contributed by atoms with Gasteiger partial charge in [-0.25, -0.2) is 9.59 Å². The monoisotopic (exact) mass is 474 g/mol. The van der Waals surface area contributed by atoms with Gasteiger partial charge in [0.05, 0.1) is 12.2 Å². The van der Waals surface area contributed by atoms with E-state index in [1.165, 1.54) is 13.0 Å². The number of nitrogens with zero attached hydrogens (tertiary/aromatic N) is 1. The van der Waals surface area contributed by atoms with Gasteiger partial charge in [-0.2, -0.15) is 0 Å². The molecule has 1 aromatic heterocycles. The van der Waals surface area contributed by atoms with Crippen LogP contribution in [0.15, 0.2) is 48.7 Å². The highest BCUT2D eigenvalue weighted by molar-refractivity contribution is 6.30. The van der Waals surface area contributed by atoms with E-state index in [1.54, 1.807) is 12.1 Å². The number of hydrogen-bond acceptors (Lipinski definition) is 6. The van der Waals surface area contributed by atoms with Gasteiger partial charge in [0.2, 0.25) is 5.60 Å². The Morgan fingerprint density at radius 2 is 2.00 bits per heavy atom. The molecule has 0 fully saturated rings. The summed E-state index contributed by atoms with van der Waals surface area (Å²) in [5.41, 5.74) is 14.2. The number of aryl methyl sites for hydroxylation is 1. The number of anilines is 1. The maximum absolute atomic E-state index is 12.2. The highest BCUT2D eigenvalue weighted by Gasteiger charge is 2.37. The lowest BCUT2D eigenvalue weighted by Crippen LogP contribution is -2.55. The van der Waals surface area contributed by atoms with Crippen LogP contribution in [-0.4, -0.2) is 33.8 Å². The predicted octanol–water partition coefficient (Wildman–Crippen LogP) is 2.83. The molecule has 7 N–H and O–H groups in total. The number of ether oxygens (including phenoxy) is 1. The number of carbonyl (C=O) groups excluding carboxylic acids is 1. The molecule has 0 aliphatic rings. The van der Waals surface area contributed by atoms with Crippen LogP contribution in [0.4, 0.5) is 10.5 Å². The fourth-order valence-corrected chi connectivity index (χ4v) is 3.36. The number of carboxylic acids is 1. The summed E-state index contributed by atoms with van der Waals surface area (Å²) in [6.07, 6.45) is 2.01. The standard InChI is InChI=1S/C22H27ClN6O4/c1-3-29-9-8-14-10-17(6-7-18(14)29)26-28-27-21(32)25-13-22(2,20(30)31)33-19-11-16(23)5-4-15(19)12-24/h4-11,26,28H,3,12-13,24H2,1-2H3,(H,30,31)(H2,25,27,32). The molecule has 0 aliphatic carbocycles. The van der Waals surface area contributed by atoms with Gasteiger partial charge in [-0.05, 0) is 50.2 Å². The van der Waals surface area contributed by atoms with Crippen LogP contribution in [0.5, 0.6) is 5.75 Å². The molecule has 0 aliphatic heterocycles. The summed E-state index contributed by atoms with van der Waals surface area (Å²) < 4.78 is 7.82. The second-order valence-electron chi connectivity index (χ2n) is 7.53. The van der Waals surface area contributed by atoms with Crippen LogP contribution in [0.25, 0.3) is 10.9 Å². The van der Waals surface area contributed by atoms with Gasteiger partial charge in [-0.1, -0.05) is 17.7 Å². The lowest BCUT2D eigenvalue weighted by atomic mass is 10.1. The second kappa shape index (κ2) is 10.4. The van der Waals surface area contributed by atoms with Gasteiger partial charge in [0.25, 0.3) is 0 Å². The van der Waals surface area contributed by atoms with E-state index in [2.05, 4.69) is 33.2 Å². The molecule has 0 bridgehead atoms. The molecule has 2 amide bonds. The van der Waals surface area contributed by atoms with Gasteiger partial charge in [0.1, 0.15) is 5.75 Å². The smallest absolute Gasteiger partial charge is 0.349 e. The Labute approximate surface area is 196 Å². The lowest BCUT2D eigenvalue weighted by molar-refractivity contribution is -0.153. The fraction of sp³-hybridized carbons (Fsp3) is 0.273. The van der Waals surface area contributed by atoms with E-state index >= 15 is 0 Å². The Bertz CT molecular complexity index is 1150. The summed E-state index contributed by atoms with van der Waals surface area (Å²) in [5.74, 6) is -1.02. The van der Waals surface area contributed by atoms with Crippen LogP contribution in [0.1, 0.15) is 19.4 Å². The molecular weight excluding hydrogens is 448 g/mol. The van der Waals surface area contributed by atoms with Crippen molar-refractivity contribution in [3.05, 3.63) is 59.2 Å². The first kappa shape index (κ1) is 24.2. The van der Waals surface area contributed by atoms with E-state index in [9.17, 15) is 14.7 Å². The van der Waals surface area contributed by atoms with E-state index in [4.69, 9.17) is 22.1 Å². The number of urea groups is 1. The summed E-state index contributed by atoms with van der Waals surface area (Å²) in [5, 5.41) is 13.6. The summed E-state index contributed by atoms with van der Waals surface area (Å²) >= 11 is 5.99. The molecule has 3 aromatic rings. The zero-order valence-corrected chi connectivity index (χ0v) is 19.1. The Kier molecular flexibility index (Phi) is 7.64. The number of nitrogens with one attached hydrogen (secondary N) is 4. The van der Waals surface area contributed by atoms with Crippen molar-refractivity contribution in [3.8, 4) is 5.75 Å². The number of nitrogens with two attached hydrogens (primary N) is 1. The molecule has 0 saturated carbocycles. The second-order valence-corrected chi connectivity index (χ2v) is 7.96. The van der Waals surface area contributed by atoms with Gasteiger partial charge >= 0.3 is 12.0 Å². The van der Waals surface area contributed by atoms with Crippen molar-refractivity contribution in [2.75, 3.05) is 12.0 Å². The molecule has 11 heteroatoms. The Morgan fingerprint density at radius 1 is 1.21 bits per heavy atom. The number of benzene rings is 2. The molecule has 176 valence electrons. The first-order chi connectivity index (χ1) is 15.8. The number of hydrazine groups is 2. The average molecular weight is 475 g/mol. The van der Waals surface area contributed by atoms with Crippen molar-refractivity contribution in [1.82, 2.24) is 20.8 Å².